The van der Waals surface area contributed by atoms with Crippen LogP contribution in [0.25, 0.3) is 0 Å². The zero-order valence-electron chi connectivity index (χ0n) is 16.9. The lowest BCUT2D eigenvalue weighted by atomic mass is 10.1. The number of aromatic nitrogens is 1. The van der Waals surface area contributed by atoms with Crippen LogP contribution in [-0.4, -0.2) is 47.8 Å². The molecule has 0 spiro atoms. The predicted molar refractivity (Wildman–Crippen MR) is 114 cm³/mol. The molecule has 3 rings (SSSR count). The standard InChI is InChI=1S/C22H26N4O2S/c1-16-11-17(2)25-22(20(16)12-23)29-15-21(27)24-13-18-5-3-4-6-19(18)14-26-7-9-28-10-8-26/h3-6,11H,7-10,13-15H2,1-2H3,(H,24,27). The summed E-state index contributed by atoms with van der Waals surface area (Å²) in [6, 6.07) is 12.3. The predicted octanol–water partition coefficient (Wildman–Crippen LogP) is 2.81. The number of benzene rings is 1. The molecule has 2 heterocycles. The Morgan fingerprint density at radius 1 is 1.28 bits per heavy atom. The molecule has 0 atom stereocenters. The van der Waals surface area contributed by atoms with Crippen molar-refractivity contribution in [3.63, 3.8) is 0 Å². The fourth-order valence-corrected chi connectivity index (χ4v) is 4.24. The molecule has 1 aliphatic rings. The lowest BCUT2D eigenvalue weighted by Gasteiger charge is -2.27. The van der Waals surface area contributed by atoms with Crippen LogP contribution in [0.1, 0.15) is 27.9 Å². The molecule has 0 radical (unpaired) electrons. The second-order valence-electron chi connectivity index (χ2n) is 7.10. The molecule has 7 heteroatoms. The van der Waals surface area contributed by atoms with Crippen molar-refractivity contribution >= 4 is 17.7 Å². The third-order valence-corrected chi connectivity index (χ3v) is 5.83. The van der Waals surface area contributed by atoms with Crippen LogP contribution in [-0.2, 0) is 22.6 Å². The summed E-state index contributed by atoms with van der Waals surface area (Å²) < 4.78 is 5.41. The summed E-state index contributed by atoms with van der Waals surface area (Å²) in [5.41, 5.74) is 4.63. The van der Waals surface area contributed by atoms with Crippen LogP contribution in [0.3, 0.4) is 0 Å². The van der Waals surface area contributed by atoms with Gasteiger partial charge in [0.2, 0.25) is 5.91 Å². The molecule has 1 amide bonds. The number of nitrogens with one attached hydrogen (secondary N) is 1. The van der Waals surface area contributed by atoms with Crippen molar-refractivity contribution < 1.29 is 9.53 Å². The third-order valence-electron chi connectivity index (χ3n) is 4.86. The molecule has 0 aliphatic carbocycles. The summed E-state index contributed by atoms with van der Waals surface area (Å²) in [7, 11) is 0. The quantitative estimate of drug-likeness (QED) is 0.707. The van der Waals surface area contributed by atoms with Crippen LogP contribution in [0.2, 0.25) is 0 Å². The number of thioether (sulfide) groups is 1. The number of morpholine rings is 1. The van der Waals surface area contributed by atoms with Gasteiger partial charge in [0, 0.05) is 31.9 Å². The Morgan fingerprint density at radius 3 is 2.72 bits per heavy atom. The second kappa shape index (κ2) is 10.4. The second-order valence-corrected chi connectivity index (χ2v) is 8.06. The lowest BCUT2D eigenvalue weighted by Crippen LogP contribution is -2.36. The van der Waals surface area contributed by atoms with Gasteiger partial charge in [-0.15, -0.1) is 0 Å². The summed E-state index contributed by atoms with van der Waals surface area (Å²) in [5, 5.41) is 13.0. The minimum atomic E-state index is -0.0685. The van der Waals surface area contributed by atoms with Crippen LogP contribution < -0.4 is 5.32 Å². The maximum Gasteiger partial charge on any atom is 0.230 e. The van der Waals surface area contributed by atoms with Gasteiger partial charge in [0.25, 0.3) is 0 Å². The average molecular weight is 411 g/mol. The molecule has 1 N–H and O–H groups in total. The normalized spacial score (nSPS) is 14.4. The maximum atomic E-state index is 12.4. The van der Waals surface area contributed by atoms with Gasteiger partial charge in [-0.3, -0.25) is 9.69 Å². The topological polar surface area (TPSA) is 78.2 Å². The fraction of sp³-hybridized carbons (Fsp3) is 0.409. The van der Waals surface area contributed by atoms with Gasteiger partial charge in [0.05, 0.1) is 24.5 Å². The molecule has 6 nitrogen and oxygen atoms in total. The largest absolute Gasteiger partial charge is 0.379 e. The van der Waals surface area contributed by atoms with Crippen molar-refractivity contribution in [1.29, 1.82) is 5.26 Å². The van der Waals surface area contributed by atoms with Crippen molar-refractivity contribution in [3.05, 3.63) is 58.3 Å². The Kier molecular flexibility index (Phi) is 7.64. The van der Waals surface area contributed by atoms with Crippen molar-refractivity contribution in [2.24, 2.45) is 0 Å². The van der Waals surface area contributed by atoms with E-state index in [0.29, 0.717) is 17.1 Å². The van der Waals surface area contributed by atoms with Gasteiger partial charge < -0.3 is 10.1 Å². The van der Waals surface area contributed by atoms with E-state index < -0.39 is 0 Å². The SMILES string of the molecule is Cc1cc(C)c(C#N)c(SCC(=O)NCc2ccccc2CN2CCOCC2)n1. The van der Waals surface area contributed by atoms with Gasteiger partial charge in [-0.05, 0) is 36.6 Å². The number of hydrogen-bond acceptors (Lipinski definition) is 6. The molecule has 2 aromatic rings. The monoisotopic (exact) mass is 410 g/mol. The van der Waals surface area contributed by atoms with E-state index in [9.17, 15) is 10.1 Å². The molecule has 1 saturated heterocycles. The summed E-state index contributed by atoms with van der Waals surface area (Å²) in [5.74, 6) is 0.164. The number of amides is 1. The first kappa shape index (κ1) is 21.3. The van der Waals surface area contributed by atoms with E-state index in [0.717, 1.165) is 49.7 Å². The molecular formula is C22H26N4O2S. The van der Waals surface area contributed by atoms with E-state index >= 15 is 0 Å². The Hall–Kier alpha value is -2.40. The zero-order chi connectivity index (χ0) is 20.6. The molecule has 1 aromatic heterocycles. The van der Waals surface area contributed by atoms with Crippen LogP contribution in [0, 0.1) is 25.2 Å². The highest BCUT2D eigenvalue weighted by molar-refractivity contribution is 8.00. The number of pyridine rings is 1. The van der Waals surface area contributed by atoms with E-state index in [2.05, 4.69) is 33.4 Å². The maximum absolute atomic E-state index is 12.4. The van der Waals surface area contributed by atoms with Crippen molar-refractivity contribution in [1.82, 2.24) is 15.2 Å². The summed E-state index contributed by atoms with van der Waals surface area (Å²) in [4.78, 5) is 19.2. The number of carbonyl (C=O) groups is 1. The molecule has 1 aromatic carbocycles. The number of carbonyl (C=O) groups excluding carboxylic acids is 1. The van der Waals surface area contributed by atoms with Crippen LogP contribution >= 0.6 is 11.8 Å². The number of nitrogens with zero attached hydrogens (tertiary/aromatic N) is 3. The van der Waals surface area contributed by atoms with Crippen LogP contribution in [0.15, 0.2) is 35.4 Å². The number of rotatable bonds is 7. The minimum Gasteiger partial charge on any atom is -0.379 e. The Labute approximate surface area is 176 Å². The summed E-state index contributed by atoms with van der Waals surface area (Å²) in [6.07, 6.45) is 0. The van der Waals surface area contributed by atoms with E-state index in [1.54, 1.807) is 0 Å². The van der Waals surface area contributed by atoms with Crippen LogP contribution in [0.5, 0.6) is 0 Å². The van der Waals surface area contributed by atoms with Crippen molar-refractivity contribution in [3.8, 4) is 6.07 Å². The number of aryl methyl sites for hydroxylation is 2. The van der Waals surface area contributed by atoms with Crippen molar-refractivity contribution in [2.75, 3.05) is 32.1 Å². The Balaban J connectivity index is 1.56. The van der Waals surface area contributed by atoms with Gasteiger partial charge in [-0.2, -0.15) is 5.26 Å². The molecular weight excluding hydrogens is 384 g/mol. The lowest BCUT2D eigenvalue weighted by molar-refractivity contribution is -0.118. The first-order valence-electron chi connectivity index (χ1n) is 9.71. The molecule has 0 unspecified atom stereocenters. The van der Waals surface area contributed by atoms with Gasteiger partial charge in [0.15, 0.2) is 0 Å². The molecule has 0 saturated carbocycles. The van der Waals surface area contributed by atoms with Gasteiger partial charge >= 0.3 is 0 Å². The van der Waals surface area contributed by atoms with E-state index in [1.807, 2.05) is 32.0 Å². The van der Waals surface area contributed by atoms with Crippen LogP contribution in [0.4, 0.5) is 0 Å². The highest BCUT2D eigenvalue weighted by Crippen LogP contribution is 2.23. The van der Waals surface area contributed by atoms with Gasteiger partial charge in [-0.1, -0.05) is 36.0 Å². The smallest absolute Gasteiger partial charge is 0.230 e. The fourth-order valence-electron chi connectivity index (χ4n) is 3.31. The van der Waals surface area contributed by atoms with E-state index in [1.165, 1.54) is 17.3 Å². The highest BCUT2D eigenvalue weighted by Gasteiger charge is 2.14. The minimum absolute atomic E-state index is 0.0685. The van der Waals surface area contributed by atoms with Gasteiger partial charge in [0.1, 0.15) is 11.1 Å². The average Bonchev–Trinajstić information content (AvgIpc) is 2.72. The number of nitriles is 1. The highest BCUT2D eigenvalue weighted by atomic mass is 32.2. The van der Waals surface area contributed by atoms with E-state index in [4.69, 9.17) is 4.74 Å². The first-order chi connectivity index (χ1) is 14.1. The molecule has 1 aliphatic heterocycles. The van der Waals surface area contributed by atoms with E-state index in [-0.39, 0.29) is 11.7 Å². The Bertz CT molecular complexity index is 904. The van der Waals surface area contributed by atoms with Gasteiger partial charge in [-0.25, -0.2) is 4.98 Å². The zero-order valence-corrected chi connectivity index (χ0v) is 17.7. The third kappa shape index (κ3) is 6.04. The Morgan fingerprint density at radius 2 is 2.00 bits per heavy atom. The first-order valence-corrected chi connectivity index (χ1v) is 10.7. The van der Waals surface area contributed by atoms with Crippen molar-refractivity contribution in [2.45, 2.75) is 32.0 Å². The number of ether oxygens (including phenoxy) is 1. The molecule has 152 valence electrons. The number of hydrogen-bond donors (Lipinski definition) is 1. The summed E-state index contributed by atoms with van der Waals surface area (Å²) >= 11 is 1.31. The molecule has 1 fully saturated rings. The summed E-state index contributed by atoms with van der Waals surface area (Å²) in [6.45, 7) is 8.55. The molecule has 29 heavy (non-hydrogen) atoms. The molecule has 0 bridgehead atoms.